The highest BCUT2D eigenvalue weighted by atomic mass is 16.3. The van der Waals surface area contributed by atoms with E-state index in [4.69, 9.17) is 0 Å². The van der Waals surface area contributed by atoms with E-state index in [1.54, 1.807) is 13.8 Å². The molecule has 0 radical (unpaired) electrons. The summed E-state index contributed by atoms with van der Waals surface area (Å²) < 4.78 is 0. The summed E-state index contributed by atoms with van der Waals surface area (Å²) in [6.45, 7) is 3.47. The molecule has 2 rings (SSSR count). The minimum Gasteiger partial charge on any atom is -0.378 e. The van der Waals surface area contributed by atoms with Crippen LogP contribution >= 0.6 is 0 Å². The molecule has 0 aliphatic heterocycles. The Morgan fingerprint density at radius 2 is 2.14 bits per heavy atom. The molecule has 0 spiro atoms. The molecule has 2 bridgehead atoms. The van der Waals surface area contributed by atoms with Crippen LogP contribution in [0.3, 0.4) is 0 Å². The summed E-state index contributed by atoms with van der Waals surface area (Å²) in [5.74, 6) is 8.36. The van der Waals surface area contributed by atoms with E-state index in [0.717, 1.165) is 24.2 Å². The van der Waals surface area contributed by atoms with Crippen molar-refractivity contribution in [2.24, 2.45) is 17.8 Å². The first-order valence-electron chi connectivity index (χ1n) is 5.45. The highest BCUT2D eigenvalue weighted by Crippen LogP contribution is 2.44. The maximum atomic E-state index is 9.44. The fourth-order valence-corrected chi connectivity index (χ4v) is 2.53. The second kappa shape index (κ2) is 3.44. The van der Waals surface area contributed by atoms with Crippen molar-refractivity contribution in [3.63, 3.8) is 0 Å². The molecule has 0 amide bonds. The van der Waals surface area contributed by atoms with E-state index in [2.05, 4.69) is 24.0 Å². The van der Waals surface area contributed by atoms with Gasteiger partial charge >= 0.3 is 0 Å². The van der Waals surface area contributed by atoms with Gasteiger partial charge in [0, 0.05) is 6.42 Å². The van der Waals surface area contributed by atoms with Gasteiger partial charge in [0.15, 0.2) is 0 Å². The number of hydrogen-bond acceptors (Lipinski definition) is 1. The molecule has 1 nitrogen and oxygen atoms in total. The van der Waals surface area contributed by atoms with Crippen LogP contribution in [-0.4, -0.2) is 10.7 Å². The SMILES string of the molecule is CC(C)(O)C#CCC1CC2C=CC1C2. The molecular formula is C13H18O. The number of fused-ring (bicyclic) bond motifs is 2. The summed E-state index contributed by atoms with van der Waals surface area (Å²) in [6, 6.07) is 0. The fourth-order valence-electron chi connectivity index (χ4n) is 2.53. The Balaban J connectivity index is 1.87. The number of aliphatic hydroxyl groups is 1. The van der Waals surface area contributed by atoms with Gasteiger partial charge in [0.05, 0.1) is 0 Å². The van der Waals surface area contributed by atoms with E-state index in [0.29, 0.717) is 0 Å². The molecule has 0 aromatic heterocycles. The monoisotopic (exact) mass is 190 g/mol. The molecule has 0 aromatic carbocycles. The highest BCUT2D eigenvalue weighted by Gasteiger charge is 2.34. The van der Waals surface area contributed by atoms with E-state index >= 15 is 0 Å². The Morgan fingerprint density at radius 1 is 1.36 bits per heavy atom. The van der Waals surface area contributed by atoms with Crippen LogP contribution in [0.25, 0.3) is 0 Å². The number of rotatable bonds is 1. The first-order chi connectivity index (χ1) is 6.54. The number of allylic oxidation sites excluding steroid dienone is 2. The Morgan fingerprint density at radius 3 is 2.64 bits per heavy atom. The maximum Gasteiger partial charge on any atom is 0.119 e. The summed E-state index contributed by atoms with van der Waals surface area (Å²) in [5, 5.41) is 9.44. The molecule has 3 atom stereocenters. The third-order valence-electron chi connectivity index (χ3n) is 3.17. The van der Waals surface area contributed by atoms with Gasteiger partial charge in [0.2, 0.25) is 0 Å². The first-order valence-corrected chi connectivity index (χ1v) is 5.45. The molecule has 1 fully saturated rings. The maximum absolute atomic E-state index is 9.44. The average Bonchev–Trinajstić information content (AvgIpc) is 2.62. The van der Waals surface area contributed by atoms with E-state index in [-0.39, 0.29) is 0 Å². The third kappa shape index (κ3) is 2.19. The predicted molar refractivity (Wildman–Crippen MR) is 57.5 cm³/mol. The van der Waals surface area contributed by atoms with E-state index in [9.17, 15) is 5.11 Å². The van der Waals surface area contributed by atoms with Crippen LogP contribution in [0.1, 0.15) is 33.1 Å². The van der Waals surface area contributed by atoms with Crippen molar-refractivity contribution in [1.29, 1.82) is 0 Å². The summed E-state index contributed by atoms with van der Waals surface area (Å²) in [4.78, 5) is 0. The quantitative estimate of drug-likeness (QED) is 0.497. The lowest BCUT2D eigenvalue weighted by molar-refractivity contribution is 0.143. The summed E-state index contributed by atoms with van der Waals surface area (Å²) in [6.07, 6.45) is 8.31. The smallest absolute Gasteiger partial charge is 0.119 e. The van der Waals surface area contributed by atoms with Gasteiger partial charge in [-0.15, -0.1) is 0 Å². The molecule has 14 heavy (non-hydrogen) atoms. The van der Waals surface area contributed by atoms with Crippen molar-refractivity contribution in [2.75, 3.05) is 0 Å². The fraction of sp³-hybridized carbons (Fsp3) is 0.692. The van der Waals surface area contributed by atoms with Crippen molar-refractivity contribution < 1.29 is 5.11 Å². The van der Waals surface area contributed by atoms with Gasteiger partial charge in [0.25, 0.3) is 0 Å². The van der Waals surface area contributed by atoms with Gasteiger partial charge in [-0.1, -0.05) is 24.0 Å². The Bertz CT molecular complexity index is 297. The lowest BCUT2D eigenvalue weighted by Crippen LogP contribution is -2.15. The van der Waals surface area contributed by atoms with Crippen molar-refractivity contribution in [3.05, 3.63) is 12.2 Å². The first kappa shape index (κ1) is 9.80. The lowest BCUT2D eigenvalue weighted by Gasteiger charge is -2.14. The second-order valence-electron chi connectivity index (χ2n) is 5.11. The van der Waals surface area contributed by atoms with E-state index in [1.807, 2.05) is 0 Å². The molecule has 0 heterocycles. The Hall–Kier alpha value is -0.740. The zero-order chi connectivity index (χ0) is 10.2. The van der Waals surface area contributed by atoms with Gasteiger partial charge in [-0.2, -0.15) is 0 Å². The third-order valence-corrected chi connectivity index (χ3v) is 3.17. The molecule has 3 unspecified atom stereocenters. The van der Waals surface area contributed by atoms with Gasteiger partial charge < -0.3 is 5.11 Å². The van der Waals surface area contributed by atoms with Gasteiger partial charge in [-0.25, -0.2) is 0 Å². The van der Waals surface area contributed by atoms with Gasteiger partial charge in [0.1, 0.15) is 5.60 Å². The zero-order valence-corrected chi connectivity index (χ0v) is 8.96. The zero-order valence-electron chi connectivity index (χ0n) is 8.96. The molecule has 0 aromatic rings. The molecule has 2 aliphatic carbocycles. The molecule has 2 aliphatic rings. The van der Waals surface area contributed by atoms with Crippen LogP contribution in [0.15, 0.2) is 12.2 Å². The van der Waals surface area contributed by atoms with Crippen LogP contribution in [0.4, 0.5) is 0 Å². The molecular weight excluding hydrogens is 172 g/mol. The van der Waals surface area contributed by atoms with E-state index in [1.165, 1.54) is 12.8 Å². The highest BCUT2D eigenvalue weighted by molar-refractivity contribution is 5.15. The van der Waals surface area contributed by atoms with Crippen molar-refractivity contribution >= 4 is 0 Å². The molecule has 1 saturated carbocycles. The summed E-state index contributed by atoms with van der Waals surface area (Å²) in [7, 11) is 0. The van der Waals surface area contributed by atoms with Gasteiger partial charge in [-0.05, 0) is 44.4 Å². The molecule has 1 heteroatoms. The lowest BCUT2D eigenvalue weighted by atomic mass is 9.90. The Labute approximate surface area is 86.2 Å². The standard InChI is InChI=1S/C13H18O/c1-13(2,14)7-3-4-11-8-10-5-6-12(11)9-10/h5-6,10-12,14H,4,8-9H2,1-2H3. The predicted octanol–water partition coefficient (Wildman–Crippen LogP) is 2.36. The van der Waals surface area contributed by atoms with Crippen molar-refractivity contribution in [1.82, 2.24) is 0 Å². The summed E-state index contributed by atoms with van der Waals surface area (Å²) >= 11 is 0. The van der Waals surface area contributed by atoms with Crippen LogP contribution in [0.5, 0.6) is 0 Å². The minimum absolute atomic E-state index is 0.750. The largest absolute Gasteiger partial charge is 0.378 e. The van der Waals surface area contributed by atoms with Crippen molar-refractivity contribution in [3.8, 4) is 11.8 Å². The van der Waals surface area contributed by atoms with Crippen molar-refractivity contribution in [2.45, 2.75) is 38.7 Å². The van der Waals surface area contributed by atoms with Gasteiger partial charge in [-0.3, -0.25) is 0 Å². The molecule has 1 N–H and O–H groups in total. The average molecular weight is 190 g/mol. The van der Waals surface area contributed by atoms with Crippen LogP contribution in [0, 0.1) is 29.6 Å². The second-order valence-corrected chi connectivity index (χ2v) is 5.11. The molecule has 76 valence electrons. The number of hydrogen-bond donors (Lipinski definition) is 1. The van der Waals surface area contributed by atoms with Crippen LogP contribution in [0.2, 0.25) is 0 Å². The van der Waals surface area contributed by atoms with E-state index < -0.39 is 5.60 Å². The minimum atomic E-state index is -0.826. The molecule has 0 saturated heterocycles. The van der Waals surface area contributed by atoms with Crippen LogP contribution < -0.4 is 0 Å². The normalized spacial score (nSPS) is 34.4. The topological polar surface area (TPSA) is 20.2 Å². The Kier molecular flexibility index (Phi) is 2.41. The summed E-state index contributed by atoms with van der Waals surface area (Å²) in [5.41, 5.74) is -0.826. The van der Waals surface area contributed by atoms with Crippen LogP contribution in [-0.2, 0) is 0 Å².